The van der Waals surface area contributed by atoms with E-state index in [1.807, 2.05) is 98.3 Å². The molecule has 1 aliphatic rings. The van der Waals surface area contributed by atoms with Crippen molar-refractivity contribution in [3.8, 4) is 0 Å². The van der Waals surface area contributed by atoms with Crippen molar-refractivity contribution in [1.82, 2.24) is 15.0 Å². The van der Waals surface area contributed by atoms with E-state index in [-0.39, 0.29) is 37.8 Å². The quantitative estimate of drug-likeness (QED) is 0.0861. The van der Waals surface area contributed by atoms with Gasteiger partial charge < -0.3 is 33.9 Å². The van der Waals surface area contributed by atoms with Crippen LogP contribution in [0.25, 0.3) is 32.7 Å². The summed E-state index contributed by atoms with van der Waals surface area (Å²) in [5.41, 5.74) is 6.07. The number of ether oxygens (including phenoxy) is 4. The first kappa shape index (κ1) is 33.2. The summed E-state index contributed by atoms with van der Waals surface area (Å²) in [6, 6.07) is 23.8. The fraction of sp³-hybridized carbons (Fsp3) is 0.325. The normalized spacial score (nSPS) is 18.1. The number of aromatic nitrogens is 3. The number of hydrogen-bond donors (Lipinski definition) is 3. The Bertz CT molecular complexity index is 2110. The van der Waals surface area contributed by atoms with Gasteiger partial charge in [-0.1, -0.05) is 61.5 Å². The van der Waals surface area contributed by atoms with Crippen molar-refractivity contribution in [1.29, 1.82) is 0 Å². The molecule has 1 saturated heterocycles. The molecular formula is C40H41N3O7. The van der Waals surface area contributed by atoms with Crippen LogP contribution in [0.5, 0.6) is 0 Å². The Balaban J connectivity index is 1.00. The van der Waals surface area contributed by atoms with Crippen molar-refractivity contribution >= 4 is 50.6 Å². The van der Waals surface area contributed by atoms with Gasteiger partial charge in [0, 0.05) is 76.5 Å². The molecule has 0 bridgehead atoms. The van der Waals surface area contributed by atoms with E-state index in [4.69, 9.17) is 18.9 Å². The lowest BCUT2D eigenvalue weighted by atomic mass is 10.00. The molecule has 7 rings (SSSR count). The second-order valence-electron chi connectivity index (χ2n) is 13.0. The lowest BCUT2D eigenvalue weighted by Gasteiger charge is -2.28. The summed E-state index contributed by atoms with van der Waals surface area (Å²) in [5, 5.41) is 3.18. The Morgan fingerprint density at radius 1 is 0.680 bits per heavy atom. The molecular weight excluding hydrogens is 634 g/mol. The molecule has 1 aliphatic heterocycles. The number of rotatable bonds is 14. The Morgan fingerprint density at radius 2 is 1.14 bits per heavy atom. The Morgan fingerprint density at radius 3 is 1.66 bits per heavy atom. The number of nitrogens with one attached hydrogen (secondary N) is 3. The summed E-state index contributed by atoms with van der Waals surface area (Å²) < 4.78 is 23.8. The van der Waals surface area contributed by atoms with Crippen molar-refractivity contribution in [2.75, 3.05) is 13.2 Å². The van der Waals surface area contributed by atoms with E-state index >= 15 is 0 Å². The van der Waals surface area contributed by atoms with Crippen LogP contribution in [0.3, 0.4) is 0 Å². The van der Waals surface area contributed by atoms with Crippen molar-refractivity contribution in [2.24, 2.45) is 5.92 Å². The summed E-state index contributed by atoms with van der Waals surface area (Å²) in [4.78, 5) is 49.2. The van der Waals surface area contributed by atoms with Gasteiger partial charge in [-0.05, 0) is 54.2 Å². The van der Waals surface area contributed by atoms with E-state index < -0.39 is 30.3 Å². The summed E-state index contributed by atoms with van der Waals surface area (Å²) >= 11 is 0. The van der Waals surface area contributed by atoms with Gasteiger partial charge in [0.15, 0.2) is 6.10 Å². The Kier molecular flexibility index (Phi) is 9.98. The fourth-order valence-corrected chi connectivity index (χ4v) is 6.89. The summed E-state index contributed by atoms with van der Waals surface area (Å²) in [6.07, 6.45) is 5.20. The summed E-state index contributed by atoms with van der Waals surface area (Å²) in [6.45, 7) is 2.02. The first-order valence-electron chi connectivity index (χ1n) is 17.2. The van der Waals surface area contributed by atoms with Crippen molar-refractivity contribution in [3.63, 3.8) is 0 Å². The molecule has 1 unspecified atom stereocenters. The van der Waals surface area contributed by atoms with E-state index in [1.165, 1.54) is 0 Å². The summed E-state index contributed by atoms with van der Waals surface area (Å²) in [7, 11) is 0. The number of H-pyrrole nitrogens is 3. The first-order valence-corrected chi connectivity index (χ1v) is 17.2. The third-order valence-corrected chi connectivity index (χ3v) is 9.58. The van der Waals surface area contributed by atoms with E-state index in [2.05, 4.69) is 15.0 Å². The molecule has 3 aromatic carbocycles. The van der Waals surface area contributed by atoms with Crippen LogP contribution in [0.4, 0.5) is 0 Å². The molecule has 3 N–H and O–H groups in total. The van der Waals surface area contributed by atoms with Gasteiger partial charge in [-0.15, -0.1) is 0 Å². The molecule has 3 aromatic heterocycles. The van der Waals surface area contributed by atoms with Crippen LogP contribution >= 0.6 is 0 Å². The lowest BCUT2D eigenvalue weighted by molar-refractivity contribution is -0.175. The standard InChI is InChI=1S/C40H41N3O7/c1-25-23-48-40(39(25)50-38(46)19-16-28-22-43-34-13-7-4-10-31(28)34)35(49-37(45)18-15-27-21-42-33-12-6-3-9-30(27)33)24-47-36(44)17-14-26-20-41-32-11-5-2-8-29(26)32/h2-13,20-22,25,35,39-43H,14-19,23-24H2,1H3/t25-,35+,39+,40?/m0/s1. The minimum absolute atomic E-state index is 0.115. The molecule has 6 aromatic rings. The first-order chi connectivity index (χ1) is 24.4. The molecule has 10 heteroatoms. The predicted molar refractivity (Wildman–Crippen MR) is 189 cm³/mol. The largest absolute Gasteiger partial charge is 0.462 e. The zero-order valence-corrected chi connectivity index (χ0v) is 28.0. The van der Waals surface area contributed by atoms with Gasteiger partial charge in [-0.25, -0.2) is 0 Å². The number of benzene rings is 3. The number of fused-ring (bicyclic) bond motifs is 3. The van der Waals surface area contributed by atoms with Gasteiger partial charge in [0.05, 0.1) is 6.61 Å². The lowest BCUT2D eigenvalue weighted by Crippen LogP contribution is -2.44. The van der Waals surface area contributed by atoms with Gasteiger partial charge in [0.1, 0.15) is 18.8 Å². The van der Waals surface area contributed by atoms with Crippen molar-refractivity contribution in [3.05, 3.63) is 108 Å². The van der Waals surface area contributed by atoms with E-state index in [1.54, 1.807) is 0 Å². The highest BCUT2D eigenvalue weighted by atomic mass is 16.6. The Labute approximate surface area is 289 Å². The second kappa shape index (κ2) is 15.0. The molecule has 0 saturated carbocycles. The minimum Gasteiger partial charge on any atom is -0.462 e. The van der Waals surface area contributed by atoms with Crippen LogP contribution in [0.2, 0.25) is 0 Å². The number of aryl methyl sites for hydroxylation is 3. The van der Waals surface area contributed by atoms with Gasteiger partial charge in [0.25, 0.3) is 0 Å². The third kappa shape index (κ3) is 7.45. The third-order valence-electron chi connectivity index (χ3n) is 9.58. The van der Waals surface area contributed by atoms with Crippen molar-refractivity contribution in [2.45, 2.75) is 63.8 Å². The molecule has 0 radical (unpaired) electrons. The van der Waals surface area contributed by atoms with Gasteiger partial charge in [0.2, 0.25) is 0 Å². The molecule has 4 atom stereocenters. The average Bonchev–Trinajstić information content (AvgIpc) is 3.93. The van der Waals surface area contributed by atoms with Crippen LogP contribution in [0.15, 0.2) is 91.4 Å². The molecule has 0 amide bonds. The number of carbonyl (C=O) groups excluding carboxylic acids is 3. The number of aromatic amines is 3. The smallest absolute Gasteiger partial charge is 0.306 e. The van der Waals surface area contributed by atoms with Gasteiger partial charge in [-0.3, -0.25) is 14.4 Å². The number of para-hydroxylation sites is 3. The number of carbonyl (C=O) groups is 3. The minimum atomic E-state index is -0.959. The van der Waals surface area contributed by atoms with Crippen LogP contribution in [0, 0.1) is 5.92 Å². The molecule has 0 aliphatic carbocycles. The second-order valence-corrected chi connectivity index (χ2v) is 13.0. The zero-order valence-electron chi connectivity index (χ0n) is 28.0. The average molecular weight is 676 g/mol. The van der Waals surface area contributed by atoms with E-state index in [0.717, 1.165) is 49.4 Å². The number of esters is 3. The van der Waals surface area contributed by atoms with Gasteiger partial charge in [-0.2, -0.15) is 0 Å². The maximum absolute atomic E-state index is 13.3. The predicted octanol–water partition coefficient (Wildman–Crippen LogP) is 6.73. The SMILES string of the molecule is C[C@H]1COC([C@@H](COC(=O)CCc2c[nH]c3ccccc23)OC(=O)CCc2c[nH]c3ccccc23)[C@@H]1OC(=O)CCc1c[nH]c2ccccc12. The molecule has 258 valence electrons. The highest BCUT2D eigenvalue weighted by Crippen LogP contribution is 2.29. The highest BCUT2D eigenvalue weighted by Gasteiger charge is 2.44. The number of hydrogen-bond acceptors (Lipinski definition) is 7. The highest BCUT2D eigenvalue weighted by molar-refractivity contribution is 5.85. The van der Waals surface area contributed by atoms with Crippen LogP contribution in [-0.4, -0.2) is 64.4 Å². The maximum Gasteiger partial charge on any atom is 0.306 e. The molecule has 4 heterocycles. The monoisotopic (exact) mass is 675 g/mol. The van der Waals surface area contributed by atoms with Crippen LogP contribution < -0.4 is 0 Å². The van der Waals surface area contributed by atoms with E-state index in [9.17, 15) is 14.4 Å². The maximum atomic E-state index is 13.3. The molecule has 10 nitrogen and oxygen atoms in total. The Hall–Kier alpha value is -5.35. The van der Waals surface area contributed by atoms with Crippen LogP contribution in [0.1, 0.15) is 42.9 Å². The summed E-state index contributed by atoms with van der Waals surface area (Å²) in [5.74, 6) is -1.40. The van der Waals surface area contributed by atoms with Gasteiger partial charge >= 0.3 is 17.9 Å². The molecule has 1 fully saturated rings. The topological polar surface area (TPSA) is 136 Å². The van der Waals surface area contributed by atoms with Crippen molar-refractivity contribution < 1.29 is 33.3 Å². The fourth-order valence-electron chi connectivity index (χ4n) is 6.89. The van der Waals surface area contributed by atoms with E-state index in [0.29, 0.717) is 25.9 Å². The zero-order chi connectivity index (χ0) is 34.5. The molecule has 50 heavy (non-hydrogen) atoms. The van der Waals surface area contributed by atoms with Crippen LogP contribution in [-0.2, 0) is 52.6 Å². The molecule has 0 spiro atoms.